The van der Waals surface area contributed by atoms with Crippen LogP contribution in [0, 0.1) is 0 Å². The molecule has 9 heteroatoms. The summed E-state index contributed by atoms with van der Waals surface area (Å²) < 4.78 is 5.20. The van der Waals surface area contributed by atoms with Gasteiger partial charge in [-0.3, -0.25) is 5.32 Å². The van der Waals surface area contributed by atoms with Crippen LogP contribution in [0.3, 0.4) is 0 Å². The lowest BCUT2D eigenvalue weighted by Gasteiger charge is -2.31. The first kappa shape index (κ1) is 14.1. The number of nitrogens with zero attached hydrogens (tertiary/aromatic N) is 4. The SMILES string of the molecule is O=C(O)COC1CCN(C(=O)Nc2nccnn2)CC1. The molecule has 2 rings (SSSR count). The van der Waals surface area contributed by atoms with Gasteiger partial charge in [0.05, 0.1) is 18.5 Å². The van der Waals surface area contributed by atoms with Crippen molar-refractivity contribution >= 4 is 17.9 Å². The standard InChI is InChI=1S/C11H15N5O4/c17-9(18)7-20-8-1-5-16(6-2-8)11(19)14-10-12-3-4-13-15-10/h3-4,8H,1-2,5-7H2,(H,17,18)(H,12,14,15,19). The fraction of sp³-hybridized carbons (Fsp3) is 0.545. The van der Waals surface area contributed by atoms with Crippen LogP contribution in [0.5, 0.6) is 0 Å². The van der Waals surface area contributed by atoms with E-state index < -0.39 is 5.97 Å². The lowest BCUT2D eigenvalue weighted by Crippen LogP contribution is -2.43. The Hall–Kier alpha value is -2.29. The number of amides is 2. The first-order valence-corrected chi connectivity index (χ1v) is 6.18. The van der Waals surface area contributed by atoms with Crippen LogP contribution in [-0.2, 0) is 9.53 Å². The molecule has 1 saturated heterocycles. The number of rotatable bonds is 4. The average molecular weight is 281 g/mol. The number of likely N-dealkylation sites (tertiary alicyclic amines) is 1. The summed E-state index contributed by atoms with van der Waals surface area (Å²) in [6.45, 7) is 0.688. The van der Waals surface area contributed by atoms with E-state index in [-0.39, 0.29) is 24.7 Å². The molecule has 0 atom stereocenters. The highest BCUT2D eigenvalue weighted by molar-refractivity contribution is 5.87. The summed E-state index contributed by atoms with van der Waals surface area (Å²) in [6.07, 6.45) is 3.95. The van der Waals surface area contributed by atoms with Crippen molar-refractivity contribution < 1.29 is 19.4 Å². The molecule has 2 heterocycles. The number of hydrogen-bond acceptors (Lipinski definition) is 6. The Morgan fingerprint density at radius 2 is 2.15 bits per heavy atom. The van der Waals surface area contributed by atoms with E-state index in [1.807, 2.05) is 0 Å². The Morgan fingerprint density at radius 1 is 1.40 bits per heavy atom. The van der Waals surface area contributed by atoms with Crippen molar-refractivity contribution in [3.05, 3.63) is 12.4 Å². The zero-order valence-corrected chi connectivity index (χ0v) is 10.7. The number of piperidine rings is 1. The summed E-state index contributed by atoms with van der Waals surface area (Å²) in [7, 11) is 0. The molecule has 1 aromatic rings. The highest BCUT2D eigenvalue weighted by Gasteiger charge is 2.24. The number of aromatic nitrogens is 3. The summed E-state index contributed by atoms with van der Waals surface area (Å²) in [5, 5.41) is 18.4. The molecule has 2 N–H and O–H groups in total. The molecule has 1 aliphatic rings. The molecule has 0 aromatic carbocycles. The second-order valence-electron chi connectivity index (χ2n) is 4.29. The Labute approximate surface area is 115 Å². The zero-order chi connectivity index (χ0) is 14.4. The summed E-state index contributed by atoms with van der Waals surface area (Å²) >= 11 is 0. The fourth-order valence-electron chi connectivity index (χ4n) is 1.89. The predicted molar refractivity (Wildman–Crippen MR) is 67.0 cm³/mol. The average Bonchev–Trinajstić information content (AvgIpc) is 2.46. The van der Waals surface area contributed by atoms with E-state index in [9.17, 15) is 9.59 Å². The molecule has 1 aromatic heterocycles. The molecule has 0 spiro atoms. The number of hydrogen-bond donors (Lipinski definition) is 2. The predicted octanol–water partition coefficient (Wildman–Crippen LogP) is -0.0309. The van der Waals surface area contributed by atoms with Crippen LogP contribution < -0.4 is 5.32 Å². The maximum Gasteiger partial charge on any atom is 0.329 e. The van der Waals surface area contributed by atoms with Crippen molar-refractivity contribution in [2.45, 2.75) is 18.9 Å². The van der Waals surface area contributed by atoms with Crippen LogP contribution in [0.2, 0.25) is 0 Å². The molecule has 0 radical (unpaired) electrons. The summed E-state index contributed by atoms with van der Waals surface area (Å²) in [5.41, 5.74) is 0. The molecule has 2 amide bonds. The maximum atomic E-state index is 11.9. The van der Waals surface area contributed by atoms with Gasteiger partial charge in [-0.25, -0.2) is 14.6 Å². The normalized spacial score (nSPS) is 15.9. The van der Waals surface area contributed by atoms with Crippen LogP contribution in [0.4, 0.5) is 10.7 Å². The van der Waals surface area contributed by atoms with Crippen molar-refractivity contribution in [3.8, 4) is 0 Å². The summed E-state index contributed by atoms with van der Waals surface area (Å²) in [6, 6.07) is -0.297. The van der Waals surface area contributed by atoms with Crippen LogP contribution in [0.25, 0.3) is 0 Å². The zero-order valence-electron chi connectivity index (χ0n) is 10.7. The molecular weight excluding hydrogens is 266 g/mol. The number of carbonyl (C=O) groups is 2. The smallest absolute Gasteiger partial charge is 0.329 e. The van der Waals surface area contributed by atoms with E-state index in [1.165, 1.54) is 12.4 Å². The van der Waals surface area contributed by atoms with Gasteiger partial charge in [0, 0.05) is 13.1 Å². The molecule has 0 bridgehead atoms. The molecule has 1 fully saturated rings. The Balaban J connectivity index is 1.76. The summed E-state index contributed by atoms with van der Waals surface area (Å²) in [4.78, 5) is 27.8. The molecule has 20 heavy (non-hydrogen) atoms. The Morgan fingerprint density at radius 3 is 2.75 bits per heavy atom. The van der Waals surface area contributed by atoms with E-state index in [0.29, 0.717) is 25.9 Å². The first-order valence-electron chi connectivity index (χ1n) is 6.18. The van der Waals surface area contributed by atoms with Crippen molar-refractivity contribution in [1.82, 2.24) is 20.1 Å². The third kappa shape index (κ3) is 4.12. The van der Waals surface area contributed by atoms with E-state index in [2.05, 4.69) is 20.5 Å². The molecule has 9 nitrogen and oxygen atoms in total. The van der Waals surface area contributed by atoms with E-state index in [4.69, 9.17) is 9.84 Å². The highest BCUT2D eigenvalue weighted by atomic mass is 16.5. The number of anilines is 1. The number of ether oxygens (including phenoxy) is 1. The molecular formula is C11H15N5O4. The number of carbonyl (C=O) groups excluding carboxylic acids is 1. The van der Waals surface area contributed by atoms with Crippen LogP contribution >= 0.6 is 0 Å². The van der Waals surface area contributed by atoms with Gasteiger partial charge in [-0.1, -0.05) is 0 Å². The largest absolute Gasteiger partial charge is 0.480 e. The fourth-order valence-corrected chi connectivity index (χ4v) is 1.89. The van der Waals surface area contributed by atoms with Crippen molar-refractivity contribution in [1.29, 1.82) is 0 Å². The highest BCUT2D eigenvalue weighted by Crippen LogP contribution is 2.14. The van der Waals surface area contributed by atoms with E-state index in [0.717, 1.165) is 0 Å². The third-order valence-electron chi connectivity index (χ3n) is 2.87. The van der Waals surface area contributed by atoms with Gasteiger partial charge in [0.25, 0.3) is 5.95 Å². The number of nitrogens with one attached hydrogen (secondary N) is 1. The van der Waals surface area contributed by atoms with Gasteiger partial charge in [-0.05, 0) is 12.8 Å². The van der Waals surface area contributed by atoms with Gasteiger partial charge in [0.2, 0.25) is 0 Å². The van der Waals surface area contributed by atoms with Crippen LogP contribution in [0.15, 0.2) is 12.4 Å². The van der Waals surface area contributed by atoms with Crippen LogP contribution in [-0.4, -0.2) is 63.0 Å². The van der Waals surface area contributed by atoms with Gasteiger partial charge in [0.15, 0.2) is 0 Å². The van der Waals surface area contributed by atoms with Gasteiger partial charge < -0.3 is 14.7 Å². The second kappa shape index (κ2) is 6.75. The molecule has 0 saturated carbocycles. The van der Waals surface area contributed by atoms with Gasteiger partial charge in [-0.2, -0.15) is 5.10 Å². The van der Waals surface area contributed by atoms with Crippen molar-refractivity contribution in [3.63, 3.8) is 0 Å². The van der Waals surface area contributed by atoms with Gasteiger partial charge >= 0.3 is 12.0 Å². The Kier molecular flexibility index (Phi) is 4.77. The van der Waals surface area contributed by atoms with Gasteiger partial charge in [0.1, 0.15) is 6.61 Å². The quantitative estimate of drug-likeness (QED) is 0.795. The number of aliphatic carboxylic acids is 1. The molecule has 108 valence electrons. The lowest BCUT2D eigenvalue weighted by molar-refractivity contribution is -0.145. The molecule has 0 aliphatic carbocycles. The number of urea groups is 1. The van der Waals surface area contributed by atoms with E-state index >= 15 is 0 Å². The third-order valence-corrected chi connectivity index (χ3v) is 2.87. The second-order valence-corrected chi connectivity index (χ2v) is 4.29. The maximum absolute atomic E-state index is 11.9. The van der Waals surface area contributed by atoms with Crippen LogP contribution in [0.1, 0.15) is 12.8 Å². The number of carboxylic acids is 1. The Bertz CT molecular complexity index is 461. The van der Waals surface area contributed by atoms with Gasteiger partial charge in [-0.15, -0.1) is 5.10 Å². The minimum absolute atomic E-state index is 0.121. The first-order chi connectivity index (χ1) is 9.65. The monoisotopic (exact) mass is 281 g/mol. The minimum Gasteiger partial charge on any atom is -0.480 e. The number of carboxylic acid groups (broad SMARTS) is 1. The van der Waals surface area contributed by atoms with E-state index in [1.54, 1.807) is 4.90 Å². The van der Waals surface area contributed by atoms with Crippen molar-refractivity contribution in [2.24, 2.45) is 0 Å². The minimum atomic E-state index is -0.987. The summed E-state index contributed by atoms with van der Waals surface area (Å²) in [5.74, 6) is -0.833. The lowest BCUT2D eigenvalue weighted by atomic mass is 10.1. The topological polar surface area (TPSA) is 118 Å². The van der Waals surface area contributed by atoms with Crippen molar-refractivity contribution in [2.75, 3.05) is 25.0 Å². The molecule has 0 unspecified atom stereocenters. The molecule has 1 aliphatic heterocycles.